The highest BCUT2D eigenvalue weighted by molar-refractivity contribution is 9.09. The van der Waals surface area contributed by atoms with Gasteiger partial charge in [0.05, 0.1) is 36.7 Å². The number of halogens is 2. The van der Waals surface area contributed by atoms with Gasteiger partial charge in [0.2, 0.25) is 0 Å². The van der Waals surface area contributed by atoms with Gasteiger partial charge in [0.1, 0.15) is 5.82 Å². The lowest BCUT2D eigenvalue weighted by Crippen LogP contribution is -2.38. The molecule has 6 heteroatoms. The van der Waals surface area contributed by atoms with E-state index in [4.69, 9.17) is 9.72 Å². The Hall–Kier alpha value is -2.05. The second kappa shape index (κ2) is 8.07. The van der Waals surface area contributed by atoms with Crippen LogP contribution in [0.1, 0.15) is 60.9 Å². The van der Waals surface area contributed by atoms with E-state index in [1.54, 1.807) is 13.0 Å². The highest BCUT2D eigenvalue weighted by Gasteiger charge is 2.36. The Labute approximate surface area is 195 Å². The van der Waals surface area contributed by atoms with E-state index in [2.05, 4.69) is 35.8 Å². The first-order chi connectivity index (χ1) is 15.4. The SMILES string of the molecule is CC[C@@]1(C)COCc2c1cc1n(c2=O)Cc2c-1nc1cc(F)c(C)cc1c2CCCCBr. The summed E-state index contributed by atoms with van der Waals surface area (Å²) in [5.74, 6) is -0.243. The molecule has 1 atom stereocenters. The third-order valence-corrected chi connectivity index (χ3v) is 7.91. The fourth-order valence-electron chi connectivity index (χ4n) is 5.19. The Morgan fingerprint density at radius 3 is 2.81 bits per heavy atom. The van der Waals surface area contributed by atoms with Gasteiger partial charge in [0.15, 0.2) is 0 Å². The maximum atomic E-state index is 14.5. The van der Waals surface area contributed by atoms with Crippen molar-refractivity contribution in [3.8, 4) is 11.4 Å². The summed E-state index contributed by atoms with van der Waals surface area (Å²) in [4.78, 5) is 18.5. The van der Waals surface area contributed by atoms with Gasteiger partial charge in [-0.1, -0.05) is 29.8 Å². The van der Waals surface area contributed by atoms with Gasteiger partial charge in [-0.15, -0.1) is 0 Å². The lowest BCUT2D eigenvalue weighted by atomic mass is 9.77. The monoisotopic (exact) mass is 498 g/mol. The number of hydrogen-bond donors (Lipinski definition) is 0. The van der Waals surface area contributed by atoms with Crippen LogP contribution in [0, 0.1) is 12.7 Å². The first-order valence-corrected chi connectivity index (χ1v) is 12.5. The number of ether oxygens (including phenoxy) is 1. The van der Waals surface area contributed by atoms with Gasteiger partial charge in [-0.05, 0) is 61.4 Å². The molecule has 2 aliphatic heterocycles. The molecule has 0 saturated heterocycles. The van der Waals surface area contributed by atoms with E-state index in [0.717, 1.165) is 64.5 Å². The van der Waals surface area contributed by atoms with E-state index in [0.29, 0.717) is 30.8 Å². The second-order valence-corrected chi connectivity index (χ2v) is 10.2. The molecule has 168 valence electrons. The summed E-state index contributed by atoms with van der Waals surface area (Å²) in [5.41, 5.74) is 6.96. The predicted molar refractivity (Wildman–Crippen MR) is 129 cm³/mol. The van der Waals surface area contributed by atoms with Crippen molar-refractivity contribution >= 4 is 26.8 Å². The van der Waals surface area contributed by atoms with Crippen molar-refractivity contribution in [2.24, 2.45) is 0 Å². The lowest BCUT2D eigenvalue weighted by Gasteiger charge is -2.35. The third kappa shape index (κ3) is 3.26. The molecule has 0 unspecified atom stereocenters. The molecule has 5 rings (SSSR count). The molecule has 0 N–H and O–H groups in total. The molecule has 2 aliphatic rings. The molecule has 4 nitrogen and oxygen atoms in total. The van der Waals surface area contributed by atoms with Crippen LogP contribution in [0.5, 0.6) is 0 Å². The number of benzene rings is 1. The number of aromatic nitrogens is 2. The highest BCUT2D eigenvalue weighted by atomic mass is 79.9. The van der Waals surface area contributed by atoms with Gasteiger partial charge < -0.3 is 9.30 Å². The second-order valence-electron chi connectivity index (χ2n) is 9.40. The van der Waals surface area contributed by atoms with Crippen molar-refractivity contribution < 1.29 is 9.13 Å². The zero-order valence-corrected chi connectivity index (χ0v) is 20.4. The van der Waals surface area contributed by atoms with Crippen LogP contribution in [0.3, 0.4) is 0 Å². The molecule has 0 radical (unpaired) electrons. The zero-order chi connectivity index (χ0) is 22.6. The molecule has 0 fully saturated rings. The average molecular weight is 499 g/mol. The minimum Gasteiger partial charge on any atom is -0.376 e. The van der Waals surface area contributed by atoms with Crippen molar-refractivity contribution in [3.05, 3.63) is 62.2 Å². The summed E-state index contributed by atoms with van der Waals surface area (Å²) in [6.07, 6.45) is 3.86. The number of rotatable bonds is 5. The van der Waals surface area contributed by atoms with Gasteiger partial charge in [-0.3, -0.25) is 4.79 Å². The number of alkyl halides is 1. The molecule has 0 aliphatic carbocycles. The smallest absolute Gasteiger partial charge is 0.257 e. The highest BCUT2D eigenvalue weighted by Crippen LogP contribution is 2.41. The predicted octanol–water partition coefficient (Wildman–Crippen LogP) is 5.79. The lowest BCUT2D eigenvalue weighted by molar-refractivity contribution is 0.0547. The maximum Gasteiger partial charge on any atom is 0.257 e. The molecule has 2 aromatic heterocycles. The minimum absolute atomic E-state index is 0.0210. The van der Waals surface area contributed by atoms with Gasteiger partial charge in [0.25, 0.3) is 5.56 Å². The largest absolute Gasteiger partial charge is 0.376 e. The standard InChI is InChI=1S/C26H28BrFN2O2/c1-4-26(3)14-32-13-19-20(26)10-23-24-18(12-30(23)25(19)31)16(7-5-6-8-27)17-9-15(2)21(28)11-22(17)29-24/h9-11H,4-8,12-14H2,1-3H3/t26-/m0/s1. The third-order valence-electron chi connectivity index (χ3n) is 7.35. The van der Waals surface area contributed by atoms with Crippen LogP contribution in [0.4, 0.5) is 4.39 Å². The number of aryl methyl sites for hydroxylation is 2. The van der Waals surface area contributed by atoms with Crippen molar-refractivity contribution in [1.29, 1.82) is 0 Å². The molecular weight excluding hydrogens is 471 g/mol. The van der Waals surface area contributed by atoms with Crippen LogP contribution in [-0.2, 0) is 29.7 Å². The van der Waals surface area contributed by atoms with Gasteiger partial charge in [-0.25, -0.2) is 9.37 Å². The average Bonchev–Trinajstić information content (AvgIpc) is 3.14. The number of fused-ring (bicyclic) bond motifs is 5. The number of pyridine rings is 2. The van der Waals surface area contributed by atoms with E-state index in [1.165, 1.54) is 5.56 Å². The molecule has 0 amide bonds. The van der Waals surface area contributed by atoms with E-state index in [9.17, 15) is 9.18 Å². The molecule has 0 spiro atoms. The van der Waals surface area contributed by atoms with E-state index in [-0.39, 0.29) is 16.8 Å². The Morgan fingerprint density at radius 1 is 1.25 bits per heavy atom. The number of unbranched alkanes of at least 4 members (excludes halogenated alkanes) is 1. The zero-order valence-electron chi connectivity index (χ0n) is 18.9. The van der Waals surface area contributed by atoms with Crippen LogP contribution in [0.2, 0.25) is 0 Å². The fourth-order valence-corrected chi connectivity index (χ4v) is 5.59. The van der Waals surface area contributed by atoms with Crippen molar-refractivity contribution in [3.63, 3.8) is 0 Å². The van der Waals surface area contributed by atoms with Crippen LogP contribution in [0.25, 0.3) is 22.3 Å². The first-order valence-electron chi connectivity index (χ1n) is 11.4. The van der Waals surface area contributed by atoms with Crippen LogP contribution in [0.15, 0.2) is 23.0 Å². The number of nitrogens with zero attached hydrogens (tertiary/aromatic N) is 2. The molecule has 0 bridgehead atoms. The summed E-state index contributed by atoms with van der Waals surface area (Å²) < 4.78 is 22.1. The minimum atomic E-state index is -0.243. The van der Waals surface area contributed by atoms with Crippen molar-refractivity contribution in [2.75, 3.05) is 11.9 Å². The summed E-state index contributed by atoms with van der Waals surface area (Å²) in [5, 5.41) is 1.96. The van der Waals surface area contributed by atoms with E-state index in [1.807, 2.05) is 10.6 Å². The molecule has 3 aromatic rings. The van der Waals surface area contributed by atoms with Gasteiger partial charge >= 0.3 is 0 Å². The molecular formula is C26H28BrFN2O2. The van der Waals surface area contributed by atoms with Crippen LogP contribution < -0.4 is 5.56 Å². The summed E-state index contributed by atoms with van der Waals surface area (Å²) in [7, 11) is 0. The van der Waals surface area contributed by atoms with Gasteiger partial charge in [0, 0.05) is 33.3 Å². The Kier molecular flexibility index (Phi) is 5.49. The molecule has 4 heterocycles. The topological polar surface area (TPSA) is 44.1 Å². The quantitative estimate of drug-likeness (QED) is 0.258. The maximum absolute atomic E-state index is 14.5. The Balaban J connectivity index is 1.77. The van der Waals surface area contributed by atoms with Crippen LogP contribution in [-0.4, -0.2) is 21.5 Å². The van der Waals surface area contributed by atoms with E-state index >= 15 is 0 Å². The molecule has 1 aromatic carbocycles. The summed E-state index contributed by atoms with van der Waals surface area (Å²) in [6.45, 7) is 7.58. The summed E-state index contributed by atoms with van der Waals surface area (Å²) in [6, 6.07) is 5.61. The van der Waals surface area contributed by atoms with Crippen molar-refractivity contribution in [2.45, 2.75) is 65.0 Å². The van der Waals surface area contributed by atoms with E-state index < -0.39 is 0 Å². The van der Waals surface area contributed by atoms with Gasteiger partial charge in [-0.2, -0.15) is 0 Å². The Morgan fingerprint density at radius 2 is 2.06 bits per heavy atom. The fraction of sp³-hybridized carbons (Fsp3) is 0.462. The molecule has 32 heavy (non-hydrogen) atoms. The Bertz CT molecular complexity index is 1300. The first kappa shape index (κ1) is 21.8. The normalized spacial score (nSPS) is 19.2. The van der Waals surface area contributed by atoms with Crippen LogP contribution >= 0.6 is 15.9 Å². The molecule has 0 saturated carbocycles. The summed E-state index contributed by atoms with van der Waals surface area (Å²) >= 11 is 3.52. The van der Waals surface area contributed by atoms with Crippen molar-refractivity contribution in [1.82, 2.24) is 9.55 Å². The number of hydrogen-bond acceptors (Lipinski definition) is 3.